The van der Waals surface area contributed by atoms with Crippen molar-refractivity contribution in [2.45, 2.75) is 50.9 Å². The summed E-state index contributed by atoms with van der Waals surface area (Å²) in [5, 5.41) is 18.7. The van der Waals surface area contributed by atoms with Crippen molar-refractivity contribution in [2.75, 3.05) is 0 Å². The van der Waals surface area contributed by atoms with Crippen molar-refractivity contribution in [1.29, 1.82) is 10.5 Å². The Hall–Kier alpha value is -1.80. The van der Waals surface area contributed by atoms with Gasteiger partial charge in [0.15, 0.2) is 0 Å². The minimum atomic E-state index is -0.526. The summed E-state index contributed by atoms with van der Waals surface area (Å²) in [6, 6.07) is 14.6. The standard InChI is InChI=1S/C18H22N2/c19-13-17(14-20)18(16-11-7-4-8-12-16)15-9-5-2-1-3-6-10-15/h4,7-8,11-12,15,17-18H,1-3,5-6,9-10H2/t18-/m1/s1. The van der Waals surface area contributed by atoms with E-state index in [1.54, 1.807) is 0 Å². The summed E-state index contributed by atoms with van der Waals surface area (Å²) in [7, 11) is 0. The second-order valence-corrected chi connectivity index (χ2v) is 5.78. The number of hydrogen-bond acceptors (Lipinski definition) is 2. The van der Waals surface area contributed by atoms with Crippen LogP contribution in [-0.4, -0.2) is 0 Å². The fourth-order valence-corrected chi connectivity index (χ4v) is 3.45. The zero-order valence-corrected chi connectivity index (χ0v) is 12.0. The van der Waals surface area contributed by atoms with E-state index in [0.29, 0.717) is 5.92 Å². The predicted octanol–water partition coefficient (Wildman–Crippen LogP) is 4.79. The van der Waals surface area contributed by atoms with E-state index in [0.717, 1.165) is 18.4 Å². The van der Waals surface area contributed by atoms with Crippen molar-refractivity contribution in [3.63, 3.8) is 0 Å². The minimum absolute atomic E-state index is 0.0734. The molecule has 0 heterocycles. The topological polar surface area (TPSA) is 47.6 Å². The van der Waals surface area contributed by atoms with E-state index in [1.165, 1.54) is 32.1 Å². The minimum Gasteiger partial charge on any atom is -0.197 e. The van der Waals surface area contributed by atoms with Crippen molar-refractivity contribution >= 4 is 0 Å². The van der Waals surface area contributed by atoms with Crippen LogP contribution in [0.2, 0.25) is 0 Å². The maximum atomic E-state index is 9.34. The molecule has 20 heavy (non-hydrogen) atoms. The zero-order chi connectivity index (χ0) is 14.2. The van der Waals surface area contributed by atoms with Gasteiger partial charge in [-0.15, -0.1) is 0 Å². The van der Waals surface area contributed by atoms with Crippen LogP contribution in [0.5, 0.6) is 0 Å². The molecule has 1 aromatic carbocycles. The highest BCUT2D eigenvalue weighted by molar-refractivity contribution is 5.26. The van der Waals surface area contributed by atoms with Crippen molar-refractivity contribution in [2.24, 2.45) is 11.8 Å². The normalized spacial score (nSPS) is 18.6. The predicted molar refractivity (Wildman–Crippen MR) is 79.7 cm³/mol. The van der Waals surface area contributed by atoms with Gasteiger partial charge in [-0.3, -0.25) is 0 Å². The molecule has 0 unspecified atom stereocenters. The maximum Gasteiger partial charge on any atom is 0.140 e. The highest BCUT2D eigenvalue weighted by Gasteiger charge is 2.31. The second-order valence-electron chi connectivity index (χ2n) is 5.78. The van der Waals surface area contributed by atoms with E-state index >= 15 is 0 Å². The largest absolute Gasteiger partial charge is 0.197 e. The Morgan fingerprint density at radius 2 is 1.40 bits per heavy atom. The Morgan fingerprint density at radius 3 is 1.95 bits per heavy atom. The molecule has 0 amide bonds. The first kappa shape index (κ1) is 14.6. The SMILES string of the molecule is N#CC(C#N)[C@@H](c1ccccc1)C1CCCCCCC1. The molecule has 2 nitrogen and oxygen atoms in total. The van der Waals surface area contributed by atoms with Gasteiger partial charge in [0.1, 0.15) is 5.92 Å². The average Bonchev–Trinajstić information content (AvgIpc) is 2.46. The quantitative estimate of drug-likeness (QED) is 0.789. The van der Waals surface area contributed by atoms with E-state index in [1.807, 2.05) is 18.2 Å². The van der Waals surface area contributed by atoms with Crippen LogP contribution in [0.15, 0.2) is 30.3 Å². The van der Waals surface area contributed by atoms with Crippen LogP contribution < -0.4 is 0 Å². The average molecular weight is 266 g/mol. The summed E-state index contributed by atoms with van der Waals surface area (Å²) in [5.41, 5.74) is 1.16. The monoisotopic (exact) mass is 266 g/mol. The van der Waals surface area contributed by atoms with E-state index in [2.05, 4.69) is 24.3 Å². The molecule has 1 saturated carbocycles. The van der Waals surface area contributed by atoms with Crippen LogP contribution in [0.25, 0.3) is 0 Å². The fraction of sp³-hybridized carbons (Fsp3) is 0.556. The van der Waals surface area contributed by atoms with Gasteiger partial charge in [-0.05, 0) is 24.3 Å². The molecule has 1 aromatic rings. The van der Waals surface area contributed by atoms with Gasteiger partial charge in [0.05, 0.1) is 12.1 Å². The third-order valence-corrected chi connectivity index (χ3v) is 4.48. The first-order valence-electron chi connectivity index (χ1n) is 7.71. The Labute approximate surface area is 122 Å². The Kier molecular flexibility index (Phi) is 5.63. The first-order chi connectivity index (χ1) is 9.86. The van der Waals surface area contributed by atoms with Crippen LogP contribution in [-0.2, 0) is 0 Å². The van der Waals surface area contributed by atoms with Gasteiger partial charge in [-0.25, -0.2) is 0 Å². The molecule has 2 heteroatoms. The second kappa shape index (κ2) is 7.71. The lowest BCUT2D eigenvalue weighted by Gasteiger charge is -2.29. The summed E-state index contributed by atoms with van der Waals surface area (Å²) in [6.45, 7) is 0. The lowest BCUT2D eigenvalue weighted by Crippen LogP contribution is -2.21. The molecule has 0 saturated heterocycles. The van der Waals surface area contributed by atoms with Gasteiger partial charge in [-0.2, -0.15) is 10.5 Å². The molecule has 1 atom stereocenters. The highest BCUT2D eigenvalue weighted by atomic mass is 14.4. The highest BCUT2D eigenvalue weighted by Crippen LogP contribution is 2.39. The molecule has 0 aliphatic heterocycles. The van der Waals surface area contributed by atoms with E-state index in [4.69, 9.17) is 0 Å². The third kappa shape index (κ3) is 3.61. The van der Waals surface area contributed by atoms with Crippen LogP contribution in [0, 0.1) is 34.5 Å². The molecule has 0 bridgehead atoms. The molecule has 104 valence electrons. The molecular weight excluding hydrogens is 244 g/mol. The fourth-order valence-electron chi connectivity index (χ4n) is 3.45. The molecule has 0 spiro atoms. The lowest BCUT2D eigenvalue weighted by molar-refractivity contribution is 0.305. The Morgan fingerprint density at radius 1 is 0.850 bits per heavy atom. The number of hydrogen-bond donors (Lipinski definition) is 0. The van der Waals surface area contributed by atoms with E-state index < -0.39 is 5.92 Å². The van der Waals surface area contributed by atoms with Crippen LogP contribution in [0.1, 0.15) is 56.4 Å². The van der Waals surface area contributed by atoms with Gasteiger partial charge >= 0.3 is 0 Å². The first-order valence-corrected chi connectivity index (χ1v) is 7.71. The molecular formula is C18H22N2. The molecule has 1 aliphatic rings. The Bertz CT molecular complexity index is 458. The van der Waals surface area contributed by atoms with Gasteiger partial charge < -0.3 is 0 Å². The molecule has 2 rings (SSSR count). The summed E-state index contributed by atoms with van der Waals surface area (Å²) < 4.78 is 0. The van der Waals surface area contributed by atoms with Gasteiger partial charge in [-0.1, -0.05) is 62.4 Å². The summed E-state index contributed by atoms with van der Waals surface area (Å²) in [5.74, 6) is 0.0214. The molecule has 0 aromatic heterocycles. The number of nitrogens with zero attached hydrogens (tertiary/aromatic N) is 2. The third-order valence-electron chi connectivity index (χ3n) is 4.48. The molecule has 1 aliphatic carbocycles. The summed E-state index contributed by atoms with van der Waals surface area (Å²) >= 11 is 0. The molecule has 0 N–H and O–H groups in total. The van der Waals surface area contributed by atoms with Crippen LogP contribution >= 0.6 is 0 Å². The van der Waals surface area contributed by atoms with E-state index in [-0.39, 0.29) is 5.92 Å². The lowest BCUT2D eigenvalue weighted by atomic mass is 9.73. The Balaban J connectivity index is 2.26. The number of rotatable bonds is 3. The van der Waals surface area contributed by atoms with Crippen molar-refractivity contribution in [1.82, 2.24) is 0 Å². The van der Waals surface area contributed by atoms with Gasteiger partial charge in [0, 0.05) is 5.92 Å². The number of benzene rings is 1. The van der Waals surface area contributed by atoms with Crippen LogP contribution in [0.4, 0.5) is 0 Å². The van der Waals surface area contributed by atoms with Crippen molar-refractivity contribution in [3.05, 3.63) is 35.9 Å². The maximum absolute atomic E-state index is 9.34. The van der Waals surface area contributed by atoms with E-state index in [9.17, 15) is 10.5 Å². The zero-order valence-electron chi connectivity index (χ0n) is 12.0. The smallest absolute Gasteiger partial charge is 0.140 e. The van der Waals surface area contributed by atoms with Gasteiger partial charge in [0.25, 0.3) is 0 Å². The van der Waals surface area contributed by atoms with Crippen molar-refractivity contribution in [3.8, 4) is 12.1 Å². The number of nitriles is 2. The van der Waals surface area contributed by atoms with Crippen LogP contribution in [0.3, 0.4) is 0 Å². The molecule has 0 radical (unpaired) electrons. The summed E-state index contributed by atoms with van der Waals surface area (Å²) in [6.07, 6.45) is 8.69. The summed E-state index contributed by atoms with van der Waals surface area (Å²) in [4.78, 5) is 0. The van der Waals surface area contributed by atoms with Crippen molar-refractivity contribution < 1.29 is 0 Å². The van der Waals surface area contributed by atoms with Gasteiger partial charge in [0.2, 0.25) is 0 Å². The molecule has 1 fully saturated rings.